The molecule has 0 atom stereocenters. The van der Waals surface area contributed by atoms with Gasteiger partial charge in [-0.3, -0.25) is 0 Å². The highest BCUT2D eigenvalue weighted by Gasteiger charge is 2.14. The van der Waals surface area contributed by atoms with Crippen LogP contribution < -0.4 is 15.4 Å². The number of thiazole rings is 1. The Balaban J connectivity index is 1.54. The zero-order valence-electron chi connectivity index (χ0n) is 16.1. The molecule has 4 aromatic rings. The number of carbonyl (C=O) groups excluding carboxylic acids is 1. The smallest absolute Gasteiger partial charge is 0.323 e. The van der Waals surface area contributed by atoms with Gasteiger partial charge in [-0.15, -0.1) is 11.3 Å². The van der Waals surface area contributed by atoms with Crippen LogP contribution in [0.3, 0.4) is 0 Å². The summed E-state index contributed by atoms with van der Waals surface area (Å²) in [6.07, 6.45) is 0. The summed E-state index contributed by atoms with van der Waals surface area (Å²) in [7, 11) is 1.59. The number of nitrogens with zero attached hydrogens (tertiary/aromatic N) is 1. The van der Waals surface area contributed by atoms with E-state index in [0.717, 1.165) is 5.56 Å². The van der Waals surface area contributed by atoms with Gasteiger partial charge < -0.3 is 15.4 Å². The van der Waals surface area contributed by atoms with Gasteiger partial charge in [0.05, 0.1) is 18.5 Å². The van der Waals surface area contributed by atoms with Gasteiger partial charge in [0.25, 0.3) is 0 Å². The number of nitrogens with one attached hydrogen (secondary N) is 2. The van der Waals surface area contributed by atoms with Crippen molar-refractivity contribution in [1.29, 1.82) is 0 Å². The van der Waals surface area contributed by atoms with E-state index in [-0.39, 0.29) is 11.8 Å². The van der Waals surface area contributed by atoms with Crippen molar-refractivity contribution in [3.8, 4) is 27.6 Å². The predicted molar refractivity (Wildman–Crippen MR) is 119 cm³/mol. The molecule has 2 amide bonds. The van der Waals surface area contributed by atoms with Gasteiger partial charge in [-0.05, 0) is 42.5 Å². The zero-order chi connectivity index (χ0) is 20.9. The molecular formula is C23H18FN3O2S. The molecule has 2 N–H and O–H groups in total. The van der Waals surface area contributed by atoms with E-state index >= 15 is 0 Å². The lowest BCUT2D eigenvalue weighted by atomic mass is 10.1. The normalized spacial score (nSPS) is 10.5. The Morgan fingerprint density at radius 2 is 1.63 bits per heavy atom. The van der Waals surface area contributed by atoms with Crippen molar-refractivity contribution in [2.75, 3.05) is 17.7 Å². The summed E-state index contributed by atoms with van der Waals surface area (Å²) < 4.78 is 19.2. The summed E-state index contributed by atoms with van der Waals surface area (Å²) in [5.74, 6) is 0.393. The summed E-state index contributed by atoms with van der Waals surface area (Å²) in [5, 5.41) is 8.08. The highest BCUT2D eigenvalue weighted by molar-refractivity contribution is 7.13. The van der Waals surface area contributed by atoms with Crippen molar-refractivity contribution < 1.29 is 13.9 Å². The van der Waals surface area contributed by atoms with Gasteiger partial charge in [0.2, 0.25) is 0 Å². The second kappa shape index (κ2) is 8.75. The first-order valence-corrected chi connectivity index (χ1v) is 10.0. The van der Waals surface area contributed by atoms with Crippen LogP contribution in [0.1, 0.15) is 0 Å². The van der Waals surface area contributed by atoms with E-state index in [1.54, 1.807) is 55.6 Å². The van der Waals surface area contributed by atoms with E-state index in [1.165, 1.54) is 17.4 Å². The van der Waals surface area contributed by atoms with Gasteiger partial charge in [0.15, 0.2) is 0 Å². The molecule has 0 spiro atoms. The van der Waals surface area contributed by atoms with E-state index in [0.29, 0.717) is 33.4 Å². The Bertz CT molecular complexity index is 1180. The third kappa shape index (κ3) is 4.31. The molecule has 0 aliphatic rings. The van der Waals surface area contributed by atoms with Crippen molar-refractivity contribution in [3.05, 3.63) is 84.0 Å². The van der Waals surface area contributed by atoms with Crippen LogP contribution in [0.25, 0.3) is 21.8 Å². The number of rotatable bonds is 5. The van der Waals surface area contributed by atoms with Crippen molar-refractivity contribution in [1.82, 2.24) is 4.98 Å². The van der Waals surface area contributed by atoms with Crippen LogP contribution in [-0.4, -0.2) is 18.1 Å². The number of anilines is 2. The van der Waals surface area contributed by atoms with E-state index < -0.39 is 0 Å². The monoisotopic (exact) mass is 419 g/mol. The topological polar surface area (TPSA) is 63.2 Å². The number of urea groups is 1. The Morgan fingerprint density at radius 1 is 0.933 bits per heavy atom. The molecule has 0 aliphatic heterocycles. The number of hydrogen-bond donors (Lipinski definition) is 2. The first-order valence-electron chi connectivity index (χ1n) is 9.16. The van der Waals surface area contributed by atoms with Crippen LogP contribution in [0, 0.1) is 5.82 Å². The molecule has 0 aliphatic carbocycles. The van der Waals surface area contributed by atoms with E-state index in [2.05, 4.69) is 15.6 Å². The Hall–Kier alpha value is -3.71. The first kappa shape index (κ1) is 19.6. The first-order chi connectivity index (χ1) is 14.6. The van der Waals surface area contributed by atoms with E-state index in [1.807, 2.05) is 23.6 Å². The van der Waals surface area contributed by atoms with E-state index in [4.69, 9.17) is 4.74 Å². The molecule has 0 saturated heterocycles. The number of para-hydroxylation sites is 1. The van der Waals surface area contributed by atoms with Crippen molar-refractivity contribution in [3.63, 3.8) is 0 Å². The highest BCUT2D eigenvalue weighted by atomic mass is 32.1. The van der Waals surface area contributed by atoms with Gasteiger partial charge in [-0.2, -0.15) is 0 Å². The maximum Gasteiger partial charge on any atom is 0.323 e. The fraction of sp³-hybridized carbons (Fsp3) is 0.0435. The lowest BCUT2D eigenvalue weighted by molar-refractivity contribution is 0.262. The maximum absolute atomic E-state index is 14.1. The molecule has 0 bridgehead atoms. The quantitative estimate of drug-likeness (QED) is 0.401. The second-order valence-electron chi connectivity index (χ2n) is 6.37. The Morgan fingerprint density at radius 3 is 2.37 bits per heavy atom. The summed E-state index contributed by atoms with van der Waals surface area (Å²) in [4.78, 5) is 17.0. The molecule has 30 heavy (non-hydrogen) atoms. The summed E-state index contributed by atoms with van der Waals surface area (Å²) in [6, 6.07) is 20.6. The van der Waals surface area contributed by atoms with Crippen LogP contribution in [0.5, 0.6) is 5.75 Å². The number of ether oxygens (including phenoxy) is 1. The minimum absolute atomic E-state index is 0.316. The lowest BCUT2D eigenvalue weighted by Crippen LogP contribution is -2.19. The number of carbonyl (C=O) groups is 1. The molecule has 150 valence electrons. The minimum Gasteiger partial charge on any atom is -0.497 e. The molecular weight excluding hydrogens is 401 g/mol. The van der Waals surface area contributed by atoms with Gasteiger partial charge in [0, 0.05) is 22.2 Å². The number of hydrogen-bond acceptors (Lipinski definition) is 4. The molecule has 4 rings (SSSR count). The fourth-order valence-corrected chi connectivity index (χ4v) is 3.78. The largest absolute Gasteiger partial charge is 0.497 e. The average Bonchev–Trinajstić information content (AvgIpc) is 3.25. The molecule has 0 unspecified atom stereocenters. The molecule has 3 aromatic carbocycles. The Kier molecular flexibility index (Phi) is 5.72. The summed E-state index contributed by atoms with van der Waals surface area (Å²) in [5.41, 5.74) is 3.12. The number of amides is 2. The number of benzene rings is 3. The van der Waals surface area contributed by atoms with Gasteiger partial charge in [-0.25, -0.2) is 14.2 Å². The summed E-state index contributed by atoms with van der Waals surface area (Å²) >= 11 is 1.35. The van der Waals surface area contributed by atoms with Crippen molar-refractivity contribution in [2.45, 2.75) is 0 Å². The minimum atomic E-state index is -0.378. The van der Waals surface area contributed by atoms with E-state index in [9.17, 15) is 9.18 Å². The standard InChI is InChI=1S/C23H18FN3O2S/c1-29-16-12-10-15(11-13-16)25-23(28)27-20-9-5-3-7-18(20)21-14-30-22(26-21)17-6-2-4-8-19(17)24/h2-14H,1H3,(H2,25,27,28). The molecule has 1 aromatic heterocycles. The SMILES string of the molecule is COc1ccc(NC(=O)Nc2ccccc2-c2csc(-c3ccccc3F)n2)cc1. The molecule has 0 radical (unpaired) electrons. The maximum atomic E-state index is 14.1. The molecule has 0 saturated carbocycles. The molecule has 5 nitrogen and oxygen atoms in total. The van der Waals surface area contributed by atoms with Gasteiger partial charge >= 0.3 is 6.03 Å². The second-order valence-corrected chi connectivity index (χ2v) is 7.23. The van der Waals surface area contributed by atoms with Crippen LogP contribution in [0.4, 0.5) is 20.6 Å². The molecule has 7 heteroatoms. The van der Waals surface area contributed by atoms with Gasteiger partial charge in [0.1, 0.15) is 16.6 Å². The highest BCUT2D eigenvalue weighted by Crippen LogP contribution is 2.33. The van der Waals surface area contributed by atoms with Crippen molar-refractivity contribution >= 4 is 28.7 Å². The number of methoxy groups -OCH3 is 1. The Labute approximate surface area is 177 Å². The predicted octanol–water partition coefficient (Wildman–Crippen LogP) is 6.27. The zero-order valence-corrected chi connectivity index (χ0v) is 16.9. The van der Waals surface area contributed by atoms with Crippen LogP contribution in [0.2, 0.25) is 0 Å². The van der Waals surface area contributed by atoms with Gasteiger partial charge in [-0.1, -0.05) is 30.3 Å². The fourth-order valence-electron chi connectivity index (χ4n) is 2.93. The number of halogens is 1. The van der Waals surface area contributed by atoms with Crippen LogP contribution in [-0.2, 0) is 0 Å². The third-order valence-corrected chi connectivity index (χ3v) is 5.28. The third-order valence-electron chi connectivity index (χ3n) is 4.41. The van der Waals surface area contributed by atoms with Crippen molar-refractivity contribution in [2.24, 2.45) is 0 Å². The molecule has 1 heterocycles. The number of aromatic nitrogens is 1. The average molecular weight is 419 g/mol. The summed E-state index contributed by atoms with van der Waals surface area (Å²) in [6.45, 7) is 0. The van der Waals surface area contributed by atoms with Crippen LogP contribution >= 0.6 is 11.3 Å². The van der Waals surface area contributed by atoms with Crippen LogP contribution in [0.15, 0.2) is 78.2 Å². The lowest BCUT2D eigenvalue weighted by Gasteiger charge is -2.11. The molecule has 0 fully saturated rings.